The van der Waals surface area contributed by atoms with E-state index < -0.39 is 9.84 Å². The highest BCUT2D eigenvalue weighted by molar-refractivity contribution is 7.91. The molecule has 59 heavy (non-hydrogen) atoms. The molecule has 0 aliphatic rings. The number of rotatable bonds is 10. The Morgan fingerprint density at radius 3 is 1.25 bits per heavy atom. The van der Waals surface area contributed by atoms with Gasteiger partial charge in [-0.15, -0.1) is 0 Å². The molecule has 7 aromatic rings. The number of ether oxygens (including phenoxy) is 4. The number of methoxy groups -OCH3 is 2. The number of aryl methyl sites for hydroxylation is 4. The van der Waals surface area contributed by atoms with E-state index in [1.807, 2.05) is 149 Å². The lowest BCUT2D eigenvalue weighted by Gasteiger charge is -2.12. The van der Waals surface area contributed by atoms with Gasteiger partial charge in [0.15, 0.2) is 0 Å². The van der Waals surface area contributed by atoms with Crippen LogP contribution in [-0.4, -0.2) is 22.6 Å². The third-order valence-corrected chi connectivity index (χ3v) is 11.4. The first-order chi connectivity index (χ1) is 27.5. The summed E-state index contributed by atoms with van der Waals surface area (Å²) >= 11 is 0. The smallest absolute Gasteiger partial charge is 0.206 e. The van der Waals surface area contributed by atoms with Gasteiger partial charge in [-0.2, -0.15) is 5.26 Å². The van der Waals surface area contributed by atoms with Gasteiger partial charge in [0.25, 0.3) is 0 Å². The molecule has 0 spiro atoms. The van der Waals surface area contributed by atoms with Crippen molar-refractivity contribution in [3.8, 4) is 62.8 Å². The molecule has 0 bridgehead atoms. The van der Waals surface area contributed by atoms with Gasteiger partial charge in [0.2, 0.25) is 9.84 Å². The molecule has 7 nitrogen and oxygen atoms in total. The van der Waals surface area contributed by atoms with Crippen molar-refractivity contribution in [2.45, 2.75) is 52.3 Å². The highest BCUT2D eigenvalue weighted by Gasteiger charge is 2.19. The quantitative estimate of drug-likeness (QED) is 0.136. The van der Waals surface area contributed by atoms with E-state index in [1.54, 1.807) is 44.6 Å². The van der Waals surface area contributed by atoms with Crippen molar-refractivity contribution in [3.05, 3.63) is 179 Å². The molecule has 302 valence electrons. The van der Waals surface area contributed by atoms with Crippen LogP contribution < -0.4 is 18.9 Å². The number of benzene rings is 7. The van der Waals surface area contributed by atoms with Crippen molar-refractivity contribution in [1.29, 1.82) is 5.26 Å². The first-order valence-electron chi connectivity index (χ1n) is 18.3. The highest BCUT2D eigenvalue weighted by atomic mass is 32.2. The van der Waals surface area contributed by atoms with E-state index in [0.717, 1.165) is 56.0 Å². The monoisotopic (exact) mass is 805 g/mol. The second-order valence-corrected chi connectivity index (χ2v) is 15.4. The van der Waals surface area contributed by atoms with Crippen molar-refractivity contribution in [2.24, 2.45) is 0 Å². The van der Waals surface area contributed by atoms with E-state index in [0.29, 0.717) is 33.5 Å². The fourth-order valence-corrected chi connectivity index (χ4v) is 7.47. The summed E-state index contributed by atoms with van der Waals surface area (Å²) in [4.78, 5) is 0.554. The van der Waals surface area contributed by atoms with Gasteiger partial charge < -0.3 is 18.9 Å². The summed E-state index contributed by atoms with van der Waals surface area (Å²) in [6, 6.07) is 49.3. The average molecular weight is 806 g/mol. The number of nitrogens with zero attached hydrogens (tertiary/aromatic N) is 1. The Morgan fingerprint density at radius 1 is 0.441 bits per heavy atom. The minimum Gasteiger partial charge on any atom is -0.497 e. The maximum atomic E-state index is 13.1. The summed E-state index contributed by atoms with van der Waals surface area (Å²) in [5.74, 6) is 4.23. The topological polar surface area (TPSA) is 94.8 Å². The Hall–Kier alpha value is -6.82. The van der Waals surface area contributed by atoms with Crippen molar-refractivity contribution < 1.29 is 27.4 Å². The summed E-state index contributed by atoms with van der Waals surface area (Å²) in [6.07, 6.45) is 0. The summed E-state index contributed by atoms with van der Waals surface area (Å²) < 4.78 is 48.4. The van der Waals surface area contributed by atoms with Crippen LogP contribution in [-0.2, 0) is 9.84 Å². The standard InChI is InChI=1S/C28H26O4S.C21H17NO2.2CH4/c1-19-5-14-26(17-20(19)2)33(29,30)27-15-16-28(21(3)18-27)32-25-12-8-23(9-13-25)22-6-10-24(31-4)11-7-22;1-15-4-3-5-21(20(15)14-22)24-19-12-8-17(9-13-19)16-6-10-18(23-2)11-7-16;;/h5-18H,1-4H3;3-13H,1-2H3;2*1H4. The molecule has 0 fully saturated rings. The minimum atomic E-state index is -3.60. The molecule has 0 radical (unpaired) electrons. The Labute approximate surface area is 350 Å². The molecule has 8 heteroatoms. The molecule has 0 saturated heterocycles. The third-order valence-electron chi connectivity index (χ3n) is 9.60. The van der Waals surface area contributed by atoms with Crippen LogP contribution in [0.3, 0.4) is 0 Å². The molecular formula is C51H51NO6S. The zero-order chi connectivity index (χ0) is 40.5. The molecule has 0 aliphatic heterocycles. The fraction of sp³-hybridized carbons (Fsp3) is 0.157. The zero-order valence-corrected chi connectivity index (χ0v) is 33.6. The molecule has 7 aromatic carbocycles. The SMILES string of the molecule is C.C.COc1ccc(-c2ccc(Oc3ccc(S(=O)(=O)c4ccc(C)c(C)c4)cc3C)cc2)cc1.COc1ccc(-c2ccc(Oc3cccc(C)c3C#N)cc2)cc1. The van der Waals surface area contributed by atoms with E-state index in [-0.39, 0.29) is 19.7 Å². The molecule has 0 aromatic heterocycles. The van der Waals surface area contributed by atoms with Gasteiger partial charge in [0, 0.05) is 0 Å². The number of hydrogen-bond donors (Lipinski definition) is 0. The summed E-state index contributed by atoms with van der Waals surface area (Å²) in [5.41, 5.74) is 8.58. The first-order valence-corrected chi connectivity index (χ1v) is 19.7. The lowest BCUT2D eigenvalue weighted by atomic mass is 10.1. The van der Waals surface area contributed by atoms with Crippen LogP contribution in [0.25, 0.3) is 22.3 Å². The van der Waals surface area contributed by atoms with Gasteiger partial charge in [0.1, 0.15) is 40.6 Å². The van der Waals surface area contributed by atoms with Crippen molar-refractivity contribution in [2.75, 3.05) is 14.2 Å². The number of nitriles is 1. The average Bonchev–Trinajstić information content (AvgIpc) is 3.23. The Balaban J connectivity index is 0.000000264. The lowest BCUT2D eigenvalue weighted by molar-refractivity contribution is 0.415. The van der Waals surface area contributed by atoms with E-state index in [4.69, 9.17) is 18.9 Å². The van der Waals surface area contributed by atoms with Crippen LogP contribution in [0.4, 0.5) is 0 Å². The van der Waals surface area contributed by atoms with E-state index in [9.17, 15) is 13.7 Å². The largest absolute Gasteiger partial charge is 0.497 e. The normalized spacial score (nSPS) is 10.4. The fourth-order valence-electron chi connectivity index (χ4n) is 6.04. The van der Waals surface area contributed by atoms with Gasteiger partial charge in [-0.1, -0.05) is 81.6 Å². The van der Waals surface area contributed by atoms with Crippen LogP contribution in [0.5, 0.6) is 34.5 Å². The van der Waals surface area contributed by atoms with E-state index in [1.165, 1.54) is 0 Å². The van der Waals surface area contributed by atoms with Crippen LogP contribution in [0.1, 0.15) is 42.7 Å². The van der Waals surface area contributed by atoms with Crippen LogP contribution in [0.2, 0.25) is 0 Å². The van der Waals surface area contributed by atoms with Crippen molar-refractivity contribution in [3.63, 3.8) is 0 Å². The zero-order valence-electron chi connectivity index (χ0n) is 32.7. The van der Waals surface area contributed by atoms with Crippen LogP contribution in [0.15, 0.2) is 161 Å². The van der Waals surface area contributed by atoms with Crippen LogP contribution in [0, 0.1) is 39.0 Å². The second-order valence-electron chi connectivity index (χ2n) is 13.4. The lowest BCUT2D eigenvalue weighted by Crippen LogP contribution is -2.03. The molecule has 0 atom stereocenters. The molecule has 0 amide bonds. The molecule has 0 heterocycles. The van der Waals surface area contributed by atoms with Gasteiger partial charge in [-0.05, 0) is 157 Å². The maximum absolute atomic E-state index is 13.1. The molecule has 0 aliphatic carbocycles. The maximum Gasteiger partial charge on any atom is 0.206 e. The van der Waals surface area contributed by atoms with Crippen molar-refractivity contribution >= 4 is 9.84 Å². The predicted molar refractivity (Wildman–Crippen MR) is 239 cm³/mol. The third kappa shape index (κ3) is 10.8. The summed E-state index contributed by atoms with van der Waals surface area (Å²) in [7, 11) is -0.294. The van der Waals surface area contributed by atoms with Crippen LogP contribution >= 0.6 is 0 Å². The Morgan fingerprint density at radius 2 is 0.847 bits per heavy atom. The van der Waals surface area contributed by atoms with Gasteiger partial charge in [0.05, 0.1) is 29.6 Å². The number of sulfone groups is 1. The summed E-state index contributed by atoms with van der Waals surface area (Å²) in [5, 5.41) is 9.27. The minimum absolute atomic E-state index is 0. The molecule has 0 saturated carbocycles. The van der Waals surface area contributed by atoms with Crippen molar-refractivity contribution in [1.82, 2.24) is 0 Å². The predicted octanol–water partition coefficient (Wildman–Crippen LogP) is 13.5. The highest BCUT2D eigenvalue weighted by Crippen LogP contribution is 2.33. The van der Waals surface area contributed by atoms with Gasteiger partial charge >= 0.3 is 0 Å². The van der Waals surface area contributed by atoms with Gasteiger partial charge in [-0.25, -0.2) is 8.42 Å². The summed E-state index contributed by atoms with van der Waals surface area (Å²) in [6.45, 7) is 7.63. The second kappa shape index (κ2) is 20.0. The molecule has 0 N–H and O–H groups in total. The Bertz CT molecular complexity index is 2630. The van der Waals surface area contributed by atoms with Gasteiger partial charge in [-0.3, -0.25) is 0 Å². The molecule has 7 rings (SSSR count). The van der Waals surface area contributed by atoms with E-state index in [2.05, 4.69) is 6.07 Å². The molecule has 0 unspecified atom stereocenters. The Kier molecular flexibility index (Phi) is 15.3. The molecular weight excluding hydrogens is 755 g/mol. The first kappa shape index (κ1) is 44.9. The van der Waals surface area contributed by atoms with E-state index >= 15 is 0 Å². The number of hydrogen-bond acceptors (Lipinski definition) is 7.